The van der Waals surface area contributed by atoms with E-state index in [0.717, 1.165) is 44.9 Å². The fourth-order valence-corrected chi connectivity index (χ4v) is 4.57. The van der Waals surface area contributed by atoms with Crippen molar-refractivity contribution in [1.29, 1.82) is 5.26 Å². The van der Waals surface area contributed by atoms with Gasteiger partial charge in [0.15, 0.2) is 0 Å². The van der Waals surface area contributed by atoms with E-state index in [2.05, 4.69) is 52.4 Å². The van der Waals surface area contributed by atoms with Crippen LogP contribution in [0.2, 0.25) is 0 Å². The molecule has 0 atom stereocenters. The maximum Gasteiger partial charge on any atom is 0.220 e. The number of carbonyl (C=O) groups is 1. The summed E-state index contributed by atoms with van der Waals surface area (Å²) in [6.07, 6.45) is 7.59. The lowest BCUT2D eigenvalue weighted by atomic mass is 9.84. The molecule has 0 radical (unpaired) electrons. The highest BCUT2D eigenvalue weighted by Crippen LogP contribution is 2.27. The van der Waals surface area contributed by atoms with E-state index in [1.165, 1.54) is 37.1 Å². The van der Waals surface area contributed by atoms with Gasteiger partial charge in [-0.25, -0.2) is 0 Å². The largest absolute Gasteiger partial charge is 0.369 e. The van der Waals surface area contributed by atoms with Crippen LogP contribution in [0.3, 0.4) is 0 Å². The molecular formula is C24H36N4O. The summed E-state index contributed by atoms with van der Waals surface area (Å²) in [4.78, 5) is 17.0. The van der Waals surface area contributed by atoms with Crippen molar-refractivity contribution in [2.75, 3.05) is 37.6 Å². The maximum atomic E-state index is 11.9. The smallest absolute Gasteiger partial charge is 0.220 e. The number of aryl methyl sites for hydroxylation is 1. The highest BCUT2D eigenvalue weighted by molar-refractivity contribution is 5.76. The number of anilines is 1. The Morgan fingerprint density at radius 1 is 1.10 bits per heavy atom. The lowest BCUT2D eigenvalue weighted by molar-refractivity contribution is -0.122. The van der Waals surface area contributed by atoms with Crippen molar-refractivity contribution in [2.45, 2.75) is 64.3 Å². The molecular weight excluding hydrogens is 360 g/mol. The Labute approximate surface area is 176 Å². The van der Waals surface area contributed by atoms with E-state index in [-0.39, 0.29) is 5.91 Å². The molecule has 1 aromatic carbocycles. The molecule has 5 nitrogen and oxygen atoms in total. The van der Waals surface area contributed by atoms with Gasteiger partial charge >= 0.3 is 0 Å². The second-order valence-electron chi connectivity index (χ2n) is 8.75. The van der Waals surface area contributed by atoms with Crippen molar-refractivity contribution < 1.29 is 4.79 Å². The zero-order valence-electron chi connectivity index (χ0n) is 17.9. The summed E-state index contributed by atoms with van der Waals surface area (Å²) in [6, 6.07) is 11.3. The zero-order valence-corrected chi connectivity index (χ0v) is 17.9. The van der Waals surface area contributed by atoms with Gasteiger partial charge < -0.3 is 10.2 Å². The third kappa shape index (κ3) is 7.04. The summed E-state index contributed by atoms with van der Waals surface area (Å²) in [5, 5.41) is 11.7. The number of carbonyl (C=O) groups excluding carboxylic acids is 1. The summed E-state index contributed by atoms with van der Waals surface area (Å²) in [5.74, 6) is 0.923. The third-order valence-corrected chi connectivity index (χ3v) is 6.53. The normalized spacial score (nSPS) is 22.8. The first-order valence-electron chi connectivity index (χ1n) is 11.3. The minimum atomic E-state index is 0.121. The van der Waals surface area contributed by atoms with E-state index < -0.39 is 0 Å². The maximum absolute atomic E-state index is 11.9. The number of piperazine rings is 1. The monoisotopic (exact) mass is 396 g/mol. The number of hydrogen-bond donors (Lipinski definition) is 1. The lowest BCUT2D eigenvalue weighted by Crippen LogP contribution is -2.47. The molecule has 0 spiro atoms. The number of nitrogens with zero attached hydrogens (tertiary/aromatic N) is 3. The van der Waals surface area contributed by atoms with Gasteiger partial charge in [0.1, 0.15) is 0 Å². The molecule has 1 heterocycles. The highest BCUT2D eigenvalue weighted by Gasteiger charge is 2.24. The predicted molar refractivity (Wildman–Crippen MR) is 118 cm³/mol. The number of rotatable bonds is 8. The Kier molecular flexibility index (Phi) is 8.37. The Hall–Kier alpha value is -2.06. The Morgan fingerprint density at radius 2 is 1.79 bits per heavy atom. The van der Waals surface area contributed by atoms with Gasteiger partial charge in [0, 0.05) is 50.7 Å². The van der Waals surface area contributed by atoms with Gasteiger partial charge in [-0.15, -0.1) is 0 Å². The molecule has 29 heavy (non-hydrogen) atoms. The van der Waals surface area contributed by atoms with Crippen LogP contribution in [0, 0.1) is 24.2 Å². The number of unbranched alkanes of at least 4 members (excludes halogenated alkanes) is 1. The van der Waals surface area contributed by atoms with Gasteiger partial charge in [-0.05, 0) is 70.0 Å². The molecule has 3 rings (SSSR count). The zero-order chi connectivity index (χ0) is 20.5. The van der Waals surface area contributed by atoms with Crippen LogP contribution in [-0.2, 0) is 4.79 Å². The van der Waals surface area contributed by atoms with Crippen LogP contribution in [-0.4, -0.2) is 49.6 Å². The van der Waals surface area contributed by atoms with E-state index in [4.69, 9.17) is 5.26 Å². The Balaban J connectivity index is 1.29. The molecule has 5 heteroatoms. The molecule has 1 saturated carbocycles. The van der Waals surface area contributed by atoms with Crippen LogP contribution >= 0.6 is 0 Å². The second-order valence-corrected chi connectivity index (χ2v) is 8.75. The first kappa shape index (κ1) is 21.6. The van der Waals surface area contributed by atoms with Crippen molar-refractivity contribution in [3.63, 3.8) is 0 Å². The molecule has 1 aliphatic heterocycles. The van der Waals surface area contributed by atoms with E-state index in [1.54, 1.807) is 0 Å². The van der Waals surface area contributed by atoms with Crippen LogP contribution in [0.15, 0.2) is 24.3 Å². The standard InChI is InChI=1S/C24H36N4O/c1-20-5-11-23(12-6-20)28-18-16-27(17-19-28)15-13-21-7-9-22(10-8-21)26-24(29)4-2-3-14-25/h5-6,11-12,21-22H,2-4,7-10,13,15-19H2,1H3,(H,26,29). The molecule has 0 unspecified atom stereocenters. The molecule has 158 valence electrons. The minimum absolute atomic E-state index is 0.121. The number of hydrogen-bond acceptors (Lipinski definition) is 4. The number of amides is 1. The Bertz CT molecular complexity index is 665. The van der Waals surface area contributed by atoms with Crippen molar-refractivity contribution in [2.24, 2.45) is 5.92 Å². The summed E-state index contributed by atoms with van der Waals surface area (Å²) >= 11 is 0. The molecule has 2 fully saturated rings. The van der Waals surface area contributed by atoms with Gasteiger partial charge in [-0.2, -0.15) is 5.26 Å². The lowest BCUT2D eigenvalue weighted by Gasteiger charge is -2.37. The van der Waals surface area contributed by atoms with Crippen molar-refractivity contribution in [3.8, 4) is 6.07 Å². The molecule has 1 aliphatic carbocycles. The molecule has 2 aliphatic rings. The van der Waals surface area contributed by atoms with E-state index >= 15 is 0 Å². The van der Waals surface area contributed by atoms with E-state index in [0.29, 0.717) is 25.3 Å². The van der Waals surface area contributed by atoms with Crippen LogP contribution in [0.25, 0.3) is 0 Å². The minimum Gasteiger partial charge on any atom is -0.369 e. The van der Waals surface area contributed by atoms with Crippen LogP contribution in [0.1, 0.15) is 56.9 Å². The average molecular weight is 397 g/mol. The first-order chi connectivity index (χ1) is 14.1. The van der Waals surface area contributed by atoms with Gasteiger partial charge in [-0.1, -0.05) is 17.7 Å². The fraction of sp³-hybridized carbons (Fsp3) is 0.667. The van der Waals surface area contributed by atoms with E-state index in [1.807, 2.05) is 0 Å². The quantitative estimate of drug-likeness (QED) is 0.678. The SMILES string of the molecule is Cc1ccc(N2CCN(CCC3CCC(NC(=O)CCCC#N)CC3)CC2)cc1. The van der Waals surface area contributed by atoms with Gasteiger partial charge in [0.25, 0.3) is 0 Å². The van der Waals surface area contributed by atoms with Crippen LogP contribution in [0.4, 0.5) is 5.69 Å². The van der Waals surface area contributed by atoms with E-state index in [9.17, 15) is 4.79 Å². The summed E-state index contributed by atoms with van der Waals surface area (Å²) in [5.41, 5.74) is 2.67. The predicted octanol–water partition coefficient (Wildman–Crippen LogP) is 3.88. The van der Waals surface area contributed by atoms with Crippen molar-refractivity contribution in [1.82, 2.24) is 10.2 Å². The number of nitriles is 1. The summed E-state index contributed by atoms with van der Waals surface area (Å²) in [6.45, 7) is 7.89. The molecule has 0 bridgehead atoms. The number of benzene rings is 1. The molecule has 1 saturated heterocycles. The highest BCUT2D eigenvalue weighted by atomic mass is 16.1. The molecule has 0 aromatic heterocycles. The fourth-order valence-electron chi connectivity index (χ4n) is 4.57. The van der Waals surface area contributed by atoms with Gasteiger partial charge in [0.2, 0.25) is 5.91 Å². The third-order valence-electron chi connectivity index (χ3n) is 6.53. The second kappa shape index (κ2) is 11.2. The molecule has 1 amide bonds. The molecule has 1 N–H and O–H groups in total. The van der Waals surface area contributed by atoms with Crippen LogP contribution < -0.4 is 10.2 Å². The van der Waals surface area contributed by atoms with Crippen molar-refractivity contribution in [3.05, 3.63) is 29.8 Å². The van der Waals surface area contributed by atoms with Crippen molar-refractivity contribution >= 4 is 11.6 Å². The van der Waals surface area contributed by atoms with Crippen LogP contribution in [0.5, 0.6) is 0 Å². The molecule has 1 aromatic rings. The summed E-state index contributed by atoms with van der Waals surface area (Å²) in [7, 11) is 0. The van der Waals surface area contributed by atoms with Gasteiger partial charge in [-0.3, -0.25) is 9.69 Å². The first-order valence-corrected chi connectivity index (χ1v) is 11.3. The summed E-state index contributed by atoms with van der Waals surface area (Å²) < 4.78 is 0. The average Bonchev–Trinajstić information content (AvgIpc) is 2.74. The number of nitrogens with one attached hydrogen (secondary N) is 1. The van der Waals surface area contributed by atoms with Gasteiger partial charge in [0.05, 0.1) is 6.07 Å². The Morgan fingerprint density at radius 3 is 2.45 bits per heavy atom. The topological polar surface area (TPSA) is 59.4 Å².